The minimum Gasteiger partial charge on any atom is -0.375 e. The topological polar surface area (TPSA) is 84.4 Å². The predicted molar refractivity (Wildman–Crippen MR) is 98.0 cm³/mol. The summed E-state index contributed by atoms with van der Waals surface area (Å²) in [6.07, 6.45) is 1.49. The molecule has 7 heteroatoms. The molecule has 2 heterocycles. The van der Waals surface area contributed by atoms with E-state index in [1.807, 2.05) is 19.9 Å². The van der Waals surface area contributed by atoms with Crippen LogP contribution < -0.4 is 5.32 Å². The van der Waals surface area contributed by atoms with E-state index in [2.05, 4.69) is 15.3 Å². The zero-order chi connectivity index (χ0) is 18.7. The van der Waals surface area contributed by atoms with Gasteiger partial charge in [0.25, 0.3) is 5.91 Å². The Kier molecular flexibility index (Phi) is 5.46. The van der Waals surface area contributed by atoms with E-state index >= 15 is 0 Å². The second-order valence-electron chi connectivity index (χ2n) is 6.66. The first kappa shape index (κ1) is 18.3. The number of benzene rings is 1. The monoisotopic (exact) mass is 356 g/mol. The number of aromatic nitrogens is 2. The molecule has 1 N–H and O–H groups in total. The van der Waals surface area contributed by atoms with Crippen molar-refractivity contribution < 1.29 is 14.3 Å². The first-order valence-corrected chi connectivity index (χ1v) is 8.80. The zero-order valence-corrected chi connectivity index (χ0v) is 15.4. The summed E-state index contributed by atoms with van der Waals surface area (Å²) in [5.74, 6) is -0.121. The quantitative estimate of drug-likeness (QED) is 0.900. The van der Waals surface area contributed by atoms with E-state index in [9.17, 15) is 9.59 Å². The summed E-state index contributed by atoms with van der Waals surface area (Å²) in [5.41, 5.74) is 3.84. The highest BCUT2D eigenvalue weighted by Crippen LogP contribution is 2.16. The first-order chi connectivity index (χ1) is 12.5. The van der Waals surface area contributed by atoms with Crippen LogP contribution in [0.2, 0.25) is 0 Å². The molecule has 1 aliphatic heterocycles. The highest BCUT2D eigenvalue weighted by molar-refractivity contribution is 5.97. The molecule has 0 unspecified atom stereocenters. The van der Waals surface area contributed by atoms with Crippen molar-refractivity contribution in [1.82, 2.24) is 20.2 Å². The lowest BCUT2D eigenvalue weighted by Crippen LogP contribution is -2.47. The number of nitrogens with one attached hydrogen (secondary N) is 1. The van der Waals surface area contributed by atoms with E-state index in [0.717, 1.165) is 35.3 Å². The molecule has 1 aliphatic rings. The number of methoxy groups -OCH3 is 1. The molecular formula is C19H24N4O3. The predicted octanol–water partition coefficient (Wildman–Crippen LogP) is 1.61. The van der Waals surface area contributed by atoms with Crippen molar-refractivity contribution in [3.8, 4) is 0 Å². The van der Waals surface area contributed by atoms with Crippen LogP contribution in [-0.2, 0) is 9.53 Å². The molecule has 0 radical (unpaired) electrons. The maximum atomic E-state index is 12.6. The van der Waals surface area contributed by atoms with Gasteiger partial charge in [-0.3, -0.25) is 9.59 Å². The van der Waals surface area contributed by atoms with Gasteiger partial charge >= 0.3 is 0 Å². The maximum Gasteiger partial charge on any atom is 0.251 e. The molecule has 0 atom stereocenters. The molecule has 138 valence electrons. The van der Waals surface area contributed by atoms with Crippen molar-refractivity contribution in [3.05, 3.63) is 35.2 Å². The number of likely N-dealkylation sites (tertiary alicyclic amines) is 1. The number of nitrogens with zero attached hydrogens (tertiary/aromatic N) is 3. The number of rotatable bonds is 4. The van der Waals surface area contributed by atoms with Gasteiger partial charge in [0.1, 0.15) is 6.61 Å². The standard InChI is InChI=1S/C19H24N4O3/c1-12-13(2)21-17-10-14(4-5-16(17)20-12)19(25)22-15-6-8-23(9-7-15)18(24)11-26-3/h4-5,10,15H,6-9,11H2,1-3H3,(H,22,25). The summed E-state index contributed by atoms with van der Waals surface area (Å²) in [7, 11) is 1.52. The van der Waals surface area contributed by atoms with Crippen LogP contribution in [0.25, 0.3) is 11.0 Å². The number of hydrogen-bond acceptors (Lipinski definition) is 5. The fraction of sp³-hybridized carbons (Fsp3) is 0.474. The Bertz CT molecular complexity index is 829. The lowest BCUT2D eigenvalue weighted by Gasteiger charge is -2.32. The summed E-state index contributed by atoms with van der Waals surface area (Å²) < 4.78 is 4.88. The first-order valence-electron chi connectivity index (χ1n) is 8.80. The van der Waals surface area contributed by atoms with Gasteiger partial charge in [-0.2, -0.15) is 0 Å². The van der Waals surface area contributed by atoms with Crippen LogP contribution in [0.5, 0.6) is 0 Å². The third-order valence-corrected chi connectivity index (χ3v) is 4.79. The van der Waals surface area contributed by atoms with Crippen LogP contribution >= 0.6 is 0 Å². The highest BCUT2D eigenvalue weighted by Gasteiger charge is 2.24. The van der Waals surface area contributed by atoms with Gasteiger partial charge < -0.3 is 15.0 Å². The second-order valence-corrected chi connectivity index (χ2v) is 6.66. The number of piperidine rings is 1. The van der Waals surface area contributed by atoms with Crippen LogP contribution in [0.4, 0.5) is 0 Å². The van der Waals surface area contributed by atoms with E-state index in [0.29, 0.717) is 18.7 Å². The van der Waals surface area contributed by atoms with E-state index in [1.165, 1.54) is 7.11 Å². The van der Waals surface area contributed by atoms with E-state index in [1.54, 1.807) is 17.0 Å². The Hall–Kier alpha value is -2.54. The molecule has 1 aromatic heterocycles. The molecule has 0 aliphatic carbocycles. The van der Waals surface area contributed by atoms with Gasteiger partial charge in [0.2, 0.25) is 5.91 Å². The third-order valence-electron chi connectivity index (χ3n) is 4.79. The fourth-order valence-electron chi connectivity index (χ4n) is 3.13. The molecule has 2 aromatic rings. The Balaban J connectivity index is 1.63. The summed E-state index contributed by atoms with van der Waals surface area (Å²) in [6.45, 7) is 5.21. The molecule has 1 saturated heterocycles. The molecule has 1 fully saturated rings. The Morgan fingerprint density at radius 1 is 1.15 bits per heavy atom. The third kappa shape index (κ3) is 3.99. The summed E-state index contributed by atoms with van der Waals surface area (Å²) in [4.78, 5) is 35.2. The Morgan fingerprint density at radius 2 is 1.81 bits per heavy atom. The van der Waals surface area contributed by atoms with Crippen LogP contribution in [0.15, 0.2) is 18.2 Å². The van der Waals surface area contributed by atoms with Crippen molar-refractivity contribution in [2.45, 2.75) is 32.7 Å². The number of fused-ring (bicyclic) bond motifs is 1. The van der Waals surface area contributed by atoms with Crippen molar-refractivity contribution >= 4 is 22.8 Å². The lowest BCUT2D eigenvalue weighted by atomic mass is 10.0. The SMILES string of the molecule is COCC(=O)N1CCC(NC(=O)c2ccc3nc(C)c(C)nc3c2)CC1. The molecule has 7 nitrogen and oxygen atoms in total. The fourth-order valence-corrected chi connectivity index (χ4v) is 3.13. The van der Waals surface area contributed by atoms with E-state index < -0.39 is 0 Å². The van der Waals surface area contributed by atoms with Crippen LogP contribution in [0.1, 0.15) is 34.6 Å². The maximum absolute atomic E-state index is 12.6. The molecule has 0 spiro atoms. The van der Waals surface area contributed by atoms with E-state index in [-0.39, 0.29) is 24.5 Å². The van der Waals surface area contributed by atoms with Crippen molar-refractivity contribution in [2.75, 3.05) is 26.8 Å². The lowest BCUT2D eigenvalue weighted by molar-refractivity contribution is -0.136. The van der Waals surface area contributed by atoms with Gasteiger partial charge in [-0.1, -0.05) is 0 Å². The van der Waals surface area contributed by atoms with Gasteiger partial charge in [-0.25, -0.2) is 9.97 Å². The van der Waals surface area contributed by atoms with Crippen molar-refractivity contribution in [3.63, 3.8) is 0 Å². The van der Waals surface area contributed by atoms with Gasteiger partial charge in [0.15, 0.2) is 0 Å². The zero-order valence-electron chi connectivity index (χ0n) is 15.4. The molecule has 2 amide bonds. The average Bonchev–Trinajstić information content (AvgIpc) is 2.63. The summed E-state index contributed by atoms with van der Waals surface area (Å²) in [5, 5.41) is 3.06. The Morgan fingerprint density at radius 3 is 2.46 bits per heavy atom. The Labute approximate surface area is 152 Å². The molecule has 26 heavy (non-hydrogen) atoms. The number of hydrogen-bond donors (Lipinski definition) is 1. The largest absolute Gasteiger partial charge is 0.375 e. The number of carbonyl (C=O) groups is 2. The van der Waals surface area contributed by atoms with Crippen molar-refractivity contribution in [2.24, 2.45) is 0 Å². The van der Waals surface area contributed by atoms with Crippen LogP contribution in [0.3, 0.4) is 0 Å². The minimum atomic E-state index is -0.117. The van der Waals surface area contributed by atoms with Gasteiger partial charge in [0, 0.05) is 31.8 Å². The van der Waals surface area contributed by atoms with Crippen LogP contribution in [0, 0.1) is 13.8 Å². The molecule has 3 rings (SSSR count). The summed E-state index contributed by atoms with van der Waals surface area (Å²) >= 11 is 0. The number of ether oxygens (including phenoxy) is 1. The second kappa shape index (κ2) is 7.78. The van der Waals surface area contributed by atoms with Gasteiger partial charge in [0.05, 0.1) is 22.4 Å². The van der Waals surface area contributed by atoms with E-state index in [4.69, 9.17) is 4.74 Å². The normalized spacial score (nSPS) is 15.3. The number of carbonyl (C=O) groups excluding carboxylic acids is 2. The minimum absolute atomic E-state index is 0.00366. The number of amides is 2. The molecule has 0 bridgehead atoms. The average molecular weight is 356 g/mol. The van der Waals surface area contributed by atoms with Crippen LogP contribution in [-0.4, -0.2) is 59.5 Å². The molecule has 1 aromatic carbocycles. The smallest absolute Gasteiger partial charge is 0.251 e. The molecule has 0 saturated carbocycles. The summed E-state index contributed by atoms with van der Waals surface area (Å²) in [6, 6.07) is 5.45. The molecular weight excluding hydrogens is 332 g/mol. The van der Waals surface area contributed by atoms with Crippen molar-refractivity contribution in [1.29, 1.82) is 0 Å². The number of aryl methyl sites for hydroxylation is 2. The van der Waals surface area contributed by atoms with Gasteiger partial charge in [-0.05, 0) is 44.9 Å². The highest BCUT2D eigenvalue weighted by atomic mass is 16.5. The van der Waals surface area contributed by atoms with Gasteiger partial charge in [-0.15, -0.1) is 0 Å².